The monoisotopic (exact) mass is 581 g/mol. The maximum absolute atomic E-state index is 14.0. The van der Waals surface area contributed by atoms with Gasteiger partial charge in [0.1, 0.15) is 0 Å². The Hall–Kier alpha value is -3.88. The van der Waals surface area contributed by atoms with E-state index in [0.29, 0.717) is 22.6 Å². The van der Waals surface area contributed by atoms with Crippen LogP contribution in [-0.2, 0) is 9.59 Å². The normalized spacial score (nSPS) is 15.8. The Bertz CT molecular complexity index is 1460. The lowest BCUT2D eigenvalue weighted by atomic mass is 10.0. The number of rotatable bonds is 7. The first-order chi connectivity index (χ1) is 19.0. The maximum atomic E-state index is 14.0. The SMILES string of the molecule is Cc1cccc(C(=O)N2CCCN(C(=O)c3ccc(Cl)cc3Cl)C2C(=O)NC(CC(=O)O)c2cccc(C)c2)c1. The number of hydrogen-bond donors (Lipinski definition) is 2. The highest BCUT2D eigenvalue weighted by atomic mass is 35.5. The molecule has 0 saturated carbocycles. The van der Waals surface area contributed by atoms with Crippen LogP contribution in [0.15, 0.2) is 66.7 Å². The van der Waals surface area contributed by atoms with Gasteiger partial charge in [-0.05, 0) is 56.2 Å². The molecule has 208 valence electrons. The second-order valence-electron chi connectivity index (χ2n) is 9.79. The molecule has 0 bridgehead atoms. The lowest BCUT2D eigenvalue weighted by Gasteiger charge is -2.43. The smallest absolute Gasteiger partial charge is 0.305 e. The molecule has 0 aromatic heterocycles. The Morgan fingerprint density at radius 3 is 2.17 bits per heavy atom. The first-order valence-electron chi connectivity index (χ1n) is 12.8. The van der Waals surface area contributed by atoms with Gasteiger partial charge < -0.3 is 20.2 Å². The minimum atomic E-state index is -1.35. The molecule has 0 radical (unpaired) electrons. The molecule has 2 N–H and O–H groups in total. The van der Waals surface area contributed by atoms with Crippen LogP contribution >= 0.6 is 23.2 Å². The summed E-state index contributed by atoms with van der Waals surface area (Å²) in [6.07, 6.45) is -1.30. The van der Waals surface area contributed by atoms with Crippen LogP contribution in [0.3, 0.4) is 0 Å². The van der Waals surface area contributed by atoms with Gasteiger partial charge in [0.2, 0.25) is 0 Å². The summed E-state index contributed by atoms with van der Waals surface area (Å²) in [5, 5.41) is 12.9. The van der Waals surface area contributed by atoms with E-state index in [4.69, 9.17) is 23.2 Å². The zero-order valence-corrected chi connectivity index (χ0v) is 23.6. The van der Waals surface area contributed by atoms with Crippen molar-refractivity contribution in [3.8, 4) is 0 Å². The molecule has 1 fully saturated rings. The second-order valence-corrected chi connectivity index (χ2v) is 10.6. The predicted octanol–water partition coefficient (Wildman–Crippen LogP) is 5.26. The minimum Gasteiger partial charge on any atom is -0.481 e. The van der Waals surface area contributed by atoms with Crippen LogP contribution in [0, 0.1) is 13.8 Å². The molecule has 3 aromatic carbocycles. The third-order valence-electron chi connectivity index (χ3n) is 6.71. The molecule has 8 nitrogen and oxygen atoms in total. The van der Waals surface area contributed by atoms with Gasteiger partial charge >= 0.3 is 5.97 Å². The van der Waals surface area contributed by atoms with E-state index < -0.39 is 35.9 Å². The van der Waals surface area contributed by atoms with Gasteiger partial charge in [-0.15, -0.1) is 0 Å². The number of nitrogens with zero attached hydrogens (tertiary/aromatic N) is 2. The number of carboxylic acid groups (broad SMARTS) is 1. The Balaban J connectivity index is 1.74. The van der Waals surface area contributed by atoms with E-state index in [0.717, 1.165) is 11.1 Å². The summed E-state index contributed by atoms with van der Waals surface area (Å²) in [5.74, 6) is -2.75. The van der Waals surface area contributed by atoms with Crippen molar-refractivity contribution in [2.45, 2.75) is 38.9 Å². The number of aliphatic carboxylic acids is 1. The molecule has 1 saturated heterocycles. The van der Waals surface area contributed by atoms with E-state index >= 15 is 0 Å². The number of hydrogen-bond acceptors (Lipinski definition) is 4. The fourth-order valence-corrected chi connectivity index (χ4v) is 5.34. The number of benzene rings is 3. The Morgan fingerprint density at radius 1 is 0.900 bits per heavy atom. The highest BCUT2D eigenvalue weighted by Crippen LogP contribution is 2.27. The summed E-state index contributed by atoms with van der Waals surface area (Å²) >= 11 is 12.4. The topological polar surface area (TPSA) is 107 Å². The first kappa shape index (κ1) is 29.1. The van der Waals surface area contributed by atoms with Crippen LogP contribution in [0.4, 0.5) is 0 Å². The van der Waals surface area contributed by atoms with E-state index in [-0.39, 0.29) is 30.1 Å². The Kier molecular flexibility index (Phi) is 9.12. The molecule has 3 amide bonds. The number of nitrogens with one attached hydrogen (secondary N) is 1. The molecule has 4 rings (SSSR count). The second kappa shape index (κ2) is 12.5. The Labute approximate surface area is 242 Å². The molecular weight excluding hydrogens is 553 g/mol. The average Bonchev–Trinajstić information content (AvgIpc) is 2.91. The van der Waals surface area contributed by atoms with Crippen molar-refractivity contribution >= 4 is 46.9 Å². The molecule has 40 heavy (non-hydrogen) atoms. The molecule has 0 spiro atoms. The fourth-order valence-electron chi connectivity index (χ4n) is 4.85. The van der Waals surface area contributed by atoms with Gasteiger partial charge in [-0.25, -0.2) is 0 Å². The van der Waals surface area contributed by atoms with E-state index in [1.807, 2.05) is 26.0 Å². The summed E-state index contributed by atoms with van der Waals surface area (Å²) in [4.78, 5) is 55.9. The largest absolute Gasteiger partial charge is 0.481 e. The number of carbonyl (C=O) groups excluding carboxylic acids is 3. The maximum Gasteiger partial charge on any atom is 0.305 e. The number of carbonyl (C=O) groups is 4. The summed E-state index contributed by atoms with van der Waals surface area (Å²) in [7, 11) is 0. The minimum absolute atomic E-state index is 0.113. The summed E-state index contributed by atoms with van der Waals surface area (Å²) < 4.78 is 0. The zero-order chi connectivity index (χ0) is 29.0. The quantitative estimate of drug-likeness (QED) is 0.396. The summed E-state index contributed by atoms with van der Waals surface area (Å²) in [5.41, 5.74) is 2.87. The zero-order valence-electron chi connectivity index (χ0n) is 22.1. The average molecular weight is 582 g/mol. The molecule has 1 aliphatic rings. The molecule has 1 aliphatic heterocycles. The van der Waals surface area contributed by atoms with Crippen molar-refractivity contribution < 1.29 is 24.3 Å². The van der Waals surface area contributed by atoms with Crippen LogP contribution < -0.4 is 5.32 Å². The molecular formula is C30H29Cl2N3O5. The number of carboxylic acids is 1. The van der Waals surface area contributed by atoms with Crippen LogP contribution in [0.25, 0.3) is 0 Å². The lowest BCUT2D eigenvalue weighted by molar-refractivity contribution is -0.138. The van der Waals surface area contributed by atoms with Crippen LogP contribution in [0.2, 0.25) is 10.0 Å². The van der Waals surface area contributed by atoms with E-state index in [1.54, 1.807) is 36.4 Å². The van der Waals surface area contributed by atoms with Crippen LogP contribution in [-0.4, -0.2) is 57.9 Å². The molecule has 0 aliphatic carbocycles. The highest BCUT2D eigenvalue weighted by molar-refractivity contribution is 6.36. The summed E-state index contributed by atoms with van der Waals surface area (Å²) in [6, 6.07) is 17.7. The van der Waals surface area contributed by atoms with Crippen molar-refractivity contribution in [2.75, 3.05) is 13.1 Å². The van der Waals surface area contributed by atoms with Gasteiger partial charge in [0, 0.05) is 23.7 Å². The van der Waals surface area contributed by atoms with Gasteiger partial charge in [-0.3, -0.25) is 19.2 Å². The molecule has 2 atom stereocenters. The van der Waals surface area contributed by atoms with Crippen molar-refractivity contribution in [3.05, 3.63) is 105 Å². The first-order valence-corrected chi connectivity index (χ1v) is 13.5. The molecule has 2 unspecified atom stereocenters. The van der Waals surface area contributed by atoms with E-state index in [1.165, 1.54) is 28.0 Å². The van der Waals surface area contributed by atoms with Crippen LogP contribution in [0.1, 0.15) is 56.3 Å². The van der Waals surface area contributed by atoms with Crippen molar-refractivity contribution in [2.24, 2.45) is 0 Å². The van der Waals surface area contributed by atoms with Crippen molar-refractivity contribution in [1.29, 1.82) is 0 Å². The Morgan fingerprint density at radius 2 is 1.55 bits per heavy atom. The van der Waals surface area contributed by atoms with E-state index in [2.05, 4.69) is 5.32 Å². The predicted molar refractivity (Wildman–Crippen MR) is 152 cm³/mol. The number of amides is 3. The third-order valence-corrected chi connectivity index (χ3v) is 7.26. The number of aryl methyl sites for hydroxylation is 2. The fraction of sp³-hybridized carbons (Fsp3) is 0.267. The van der Waals surface area contributed by atoms with Gasteiger partial charge in [0.25, 0.3) is 17.7 Å². The number of halogens is 2. The highest BCUT2D eigenvalue weighted by Gasteiger charge is 2.42. The molecule has 1 heterocycles. The van der Waals surface area contributed by atoms with E-state index in [9.17, 15) is 24.3 Å². The molecule has 10 heteroatoms. The van der Waals surface area contributed by atoms with Crippen molar-refractivity contribution in [1.82, 2.24) is 15.1 Å². The molecule has 3 aromatic rings. The summed E-state index contributed by atoms with van der Waals surface area (Å²) in [6.45, 7) is 4.12. The van der Waals surface area contributed by atoms with Gasteiger partial charge in [0.05, 0.1) is 23.0 Å². The van der Waals surface area contributed by atoms with Gasteiger partial charge in [-0.2, -0.15) is 0 Å². The van der Waals surface area contributed by atoms with Crippen molar-refractivity contribution in [3.63, 3.8) is 0 Å². The lowest BCUT2D eigenvalue weighted by Crippen LogP contribution is -2.63. The third kappa shape index (κ3) is 6.63. The van der Waals surface area contributed by atoms with Gasteiger partial charge in [-0.1, -0.05) is 70.7 Å². The standard InChI is InChI=1S/C30H29Cl2N3O5/c1-18-6-3-8-20(14-18)25(17-26(36)37)33-27(38)28-34(29(39)21-9-4-7-19(2)15-21)12-5-13-35(28)30(40)23-11-10-22(31)16-24(23)32/h3-4,6-11,14-16,25,28H,5,12-13,17H2,1-2H3,(H,33,38)(H,36,37). The van der Waals surface area contributed by atoms with Crippen LogP contribution in [0.5, 0.6) is 0 Å². The van der Waals surface area contributed by atoms with Gasteiger partial charge in [0.15, 0.2) is 6.17 Å².